The summed E-state index contributed by atoms with van der Waals surface area (Å²) in [6, 6.07) is 11.5. The molecule has 1 N–H and O–H groups in total. The number of nitrogens with zero attached hydrogens (tertiary/aromatic N) is 2. The van der Waals surface area contributed by atoms with Crippen molar-refractivity contribution in [3.05, 3.63) is 35.9 Å². The van der Waals surface area contributed by atoms with Crippen LogP contribution in [0.15, 0.2) is 30.3 Å². The molecule has 1 saturated heterocycles. The number of rotatable bonds is 7. The van der Waals surface area contributed by atoms with Crippen molar-refractivity contribution in [2.45, 2.75) is 25.4 Å². The van der Waals surface area contributed by atoms with E-state index < -0.39 is 0 Å². The van der Waals surface area contributed by atoms with Gasteiger partial charge >= 0.3 is 0 Å². The van der Waals surface area contributed by atoms with Gasteiger partial charge in [-0.25, -0.2) is 0 Å². The zero-order valence-corrected chi connectivity index (χ0v) is 12.3. The number of hydrogen-bond acceptors (Lipinski definition) is 3. The Morgan fingerprint density at radius 1 is 1.32 bits per heavy atom. The van der Waals surface area contributed by atoms with Gasteiger partial charge in [0.25, 0.3) is 0 Å². The Morgan fingerprint density at radius 3 is 2.84 bits per heavy atom. The van der Waals surface area contributed by atoms with Crippen LogP contribution < -0.4 is 5.32 Å². The highest BCUT2D eigenvalue weighted by Crippen LogP contribution is 2.17. The minimum absolute atomic E-state index is 0.737. The molecule has 1 aliphatic rings. The van der Waals surface area contributed by atoms with E-state index in [1.165, 1.54) is 38.0 Å². The summed E-state index contributed by atoms with van der Waals surface area (Å²) in [5.41, 5.74) is 1.43. The van der Waals surface area contributed by atoms with Crippen LogP contribution in [-0.4, -0.2) is 56.1 Å². The van der Waals surface area contributed by atoms with E-state index >= 15 is 0 Å². The molecular formula is C16H27N3. The molecule has 1 atom stereocenters. The lowest BCUT2D eigenvalue weighted by Crippen LogP contribution is -2.35. The summed E-state index contributed by atoms with van der Waals surface area (Å²) in [7, 11) is 4.30. The van der Waals surface area contributed by atoms with Crippen molar-refractivity contribution in [2.24, 2.45) is 0 Å². The van der Waals surface area contributed by atoms with Gasteiger partial charge in [0, 0.05) is 25.7 Å². The van der Waals surface area contributed by atoms with Gasteiger partial charge in [-0.3, -0.25) is 4.90 Å². The number of benzene rings is 1. The van der Waals surface area contributed by atoms with Gasteiger partial charge in [-0.15, -0.1) is 0 Å². The first-order chi connectivity index (χ1) is 9.29. The Morgan fingerprint density at radius 2 is 2.11 bits per heavy atom. The van der Waals surface area contributed by atoms with Gasteiger partial charge in [0.1, 0.15) is 0 Å². The fraction of sp³-hybridized carbons (Fsp3) is 0.625. The number of likely N-dealkylation sites (tertiary alicyclic amines) is 1. The van der Waals surface area contributed by atoms with E-state index in [-0.39, 0.29) is 0 Å². The highest BCUT2D eigenvalue weighted by Gasteiger charge is 2.25. The molecule has 1 aromatic rings. The maximum absolute atomic E-state index is 3.22. The molecule has 19 heavy (non-hydrogen) atoms. The lowest BCUT2D eigenvalue weighted by Gasteiger charge is -2.24. The van der Waals surface area contributed by atoms with Gasteiger partial charge in [0.2, 0.25) is 0 Å². The lowest BCUT2D eigenvalue weighted by molar-refractivity contribution is 0.227. The Bertz CT molecular complexity index is 352. The van der Waals surface area contributed by atoms with Gasteiger partial charge in [0.15, 0.2) is 0 Å². The van der Waals surface area contributed by atoms with Gasteiger partial charge in [-0.05, 0) is 45.6 Å². The van der Waals surface area contributed by atoms with Crippen molar-refractivity contribution in [3.63, 3.8) is 0 Å². The standard InChI is InChI=1S/C16H27N3/c1-17-10-6-11-18(2)16-9-12-19(14-16)13-15-7-4-3-5-8-15/h3-5,7-8,16-17H,6,9-14H2,1-2H3. The maximum Gasteiger partial charge on any atom is 0.0234 e. The zero-order valence-electron chi connectivity index (χ0n) is 12.3. The van der Waals surface area contributed by atoms with E-state index in [0.717, 1.165) is 19.1 Å². The predicted octanol–water partition coefficient (Wildman–Crippen LogP) is 1.80. The van der Waals surface area contributed by atoms with Gasteiger partial charge in [-0.1, -0.05) is 30.3 Å². The topological polar surface area (TPSA) is 18.5 Å². The van der Waals surface area contributed by atoms with Crippen LogP contribution in [0.5, 0.6) is 0 Å². The van der Waals surface area contributed by atoms with Crippen molar-refractivity contribution in [2.75, 3.05) is 40.3 Å². The minimum atomic E-state index is 0.737. The first-order valence-electron chi connectivity index (χ1n) is 7.40. The van der Waals surface area contributed by atoms with E-state index in [1.807, 2.05) is 7.05 Å². The molecule has 0 saturated carbocycles. The normalized spacial score (nSPS) is 20.3. The molecule has 0 amide bonds. The molecule has 0 bridgehead atoms. The van der Waals surface area contributed by atoms with Crippen molar-refractivity contribution in [3.8, 4) is 0 Å². The van der Waals surface area contributed by atoms with Crippen LogP contribution in [0.4, 0.5) is 0 Å². The molecule has 1 unspecified atom stereocenters. The summed E-state index contributed by atoms with van der Waals surface area (Å²) < 4.78 is 0. The van der Waals surface area contributed by atoms with E-state index in [2.05, 4.69) is 52.5 Å². The largest absolute Gasteiger partial charge is 0.320 e. The Labute approximate surface area is 117 Å². The molecule has 1 aliphatic heterocycles. The number of nitrogens with one attached hydrogen (secondary N) is 1. The number of hydrogen-bond donors (Lipinski definition) is 1. The highest BCUT2D eigenvalue weighted by molar-refractivity contribution is 5.14. The first kappa shape index (κ1) is 14.5. The third-order valence-corrected chi connectivity index (χ3v) is 4.06. The van der Waals surface area contributed by atoms with E-state index in [0.29, 0.717) is 0 Å². The second-order valence-electron chi connectivity index (χ2n) is 5.60. The number of likely N-dealkylation sites (N-methyl/N-ethyl adjacent to an activating group) is 1. The van der Waals surface area contributed by atoms with Crippen molar-refractivity contribution < 1.29 is 0 Å². The van der Waals surface area contributed by atoms with E-state index in [9.17, 15) is 0 Å². The molecular weight excluding hydrogens is 234 g/mol. The van der Waals surface area contributed by atoms with Crippen molar-refractivity contribution >= 4 is 0 Å². The first-order valence-corrected chi connectivity index (χ1v) is 7.40. The van der Waals surface area contributed by atoms with E-state index in [1.54, 1.807) is 0 Å². The van der Waals surface area contributed by atoms with Crippen LogP contribution in [0.2, 0.25) is 0 Å². The summed E-state index contributed by atoms with van der Waals surface area (Å²) in [6.07, 6.45) is 2.55. The third kappa shape index (κ3) is 4.60. The monoisotopic (exact) mass is 261 g/mol. The van der Waals surface area contributed by atoms with Crippen molar-refractivity contribution in [1.29, 1.82) is 0 Å². The molecule has 3 nitrogen and oxygen atoms in total. The van der Waals surface area contributed by atoms with Crippen LogP contribution in [0.25, 0.3) is 0 Å². The summed E-state index contributed by atoms with van der Waals surface area (Å²) in [6.45, 7) is 5.86. The van der Waals surface area contributed by atoms with Gasteiger partial charge in [0.05, 0.1) is 0 Å². The summed E-state index contributed by atoms with van der Waals surface area (Å²) >= 11 is 0. The maximum atomic E-state index is 3.22. The molecule has 0 aromatic heterocycles. The fourth-order valence-electron chi connectivity index (χ4n) is 2.85. The fourth-order valence-corrected chi connectivity index (χ4v) is 2.85. The molecule has 2 rings (SSSR count). The predicted molar refractivity (Wildman–Crippen MR) is 81.3 cm³/mol. The molecule has 1 heterocycles. The van der Waals surface area contributed by atoms with Crippen LogP contribution in [0.3, 0.4) is 0 Å². The second-order valence-corrected chi connectivity index (χ2v) is 5.60. The molecule has 1 fully saturated rings. The second kappa shape index (κ2) is 7.63. The quantitative estimate of drug-likeness (QED) is 0.755. The van der Waals surface area contributed by atoms with Gasteiger partial charge in [-0.2, -0.15) is 0 Å². The van der Waals surface area contributed by atoms with Crippen molar-refractivity contribution in [1.82, 2.24) is 15.1 Å². The van der Waals surface area contributed by atoms with Crippen LogP contribution >= 0.6 is 0 Å². The summed E-state index contributed by atoms with van der Waals surface area (Å²) in [5.74, 6) is 0. The molecule has 1 aromatic carbocycles. The Kier molecular flexibility index (Phi) is 5.83. The average molecular weight is 261 g/mol. The average Bonchev–Trinajstić information content (AvgIpc) is 2.89. The Balaban J connectivity index is 1.73. The minimum Gasteiger partial charge on any atom is -0.320 e. The van der Waals surface area contributed by atoms with Crippen LogP contribution in [0.1, 0.15) is 18.4 Å². The van der Waals surface area contributed by atoms with E-state index in [4.69, 9.17) is 0 Å². The molecule has 0 aliphatic carbocycles. The molecule has 0 spiro atoms. The Hall–Kier alpha value is -0.900. The van der Waals surface area contributed by atoms with Crippen LogP contribution in [-0.2, 0) is 6.54 Å². The molecule has 3 heteroatoms. The lowest BCUT2D eigenvalue weighted by atomic mass is 10.2. The van der Waals surface area contributed by atoms with Gasteiger partial charge < -0.3 is 10.2 Å². The summed E-state index contributed by atoms with van der Waals surface area (Å²) in [4.78, 5) is 5.11. The third-order valence-electron chi connectivity index (χ3n) is 4.06. The molecule has 0 radical (unpaired) electrons. The van der Waals surface area contributed by atoms with Crippen LogP contribution in [0, 0.1) is 0 Å². The molecule has 106 valence electrons. The zero-order chi connectivity index (χ0) is 13.5. The smallest absolute Gasteiger partial charge is 0.0234 e. The summed E-state index contributed by atoms with van der Waals surface area (Å²) in [5, 5.41) is 3.22. The SMILES string of the molecule is CNCCCN(C)C1CCN(Cc2ccccc2)C1. The highest BCUT2D eigenvalue weighted by atomic mass is 15.2.